The Balaban J connectivity index is 2.06. The minimum atomic E-state index is -0.904. The van der Waals surface area contributed by atoms with Crippen molar-refractivity contribution in [3.05, 3.63) is 86.2 Å². The second-order valence-electron chi connectivity index (χ2n) is 7.87. The maximum Gasteiger partial charge on any atom is 0.350 e. The Morgan fingerprint density at radius 2 is 1.73 bits per heavy atom. The fourth-order valence-corrected chi connectivity index (χ4v) is 3.87. The number of nitrogens with zero attached hydrogens (tertiary/aromatic N) is 4. The number of rotatable bonds is 5. The van der Waals surface area contributed by atoms with Gasteiger partial charge in [-0.05, 0) is 48.1 Å². The molecular weight excluding hydrogens is 437 g/mol. The minimum Gasteiger partial charge on any atom is -0.388 e. The van der Waals surface area contributed by atoms with Crippen LogP contribution in [0.1, 0.15) is 38.1 Å². The highest BCUT2D eigenvalue weighted by Crippen LogP contribution is 2.28. The minimum absolute atomic E-state index is 0.0588. The normalized spacial score (nSPS) is 11.6. The van der Waals surface area contributed by atoms with E-state index in [1.54, 1.807) is 6.92 Å². The molecule has 0 saturated carbocycles. The molecule has 0 fully saturated rings. The van der Waals surface area contributed by atoms with E-state index < -0.39 is 35.3 Å². The first-order valence-electron chi connectivity index (χ1n) is 10.3. The van der Waals surface area contributed by atoms with Gasteiger partial charge in [0.1, 0.15) is 29.7 Å². The maximum absolute atomic E-state index is 15.2. The standard InChI is InChI=1S/C23H21F3N4O3/c1-4-28-21(11-31)27-30(23(28)33)20-9-14-15(8-18(20)26)22(32)29(10-16(14)12(2)3)19-7-13(24)5-6-17(19)25/h5-10,12,31H,4,11H2,1-3H3. The van der Waals surface area contributed by atoms with Crippen LogP contribution in [0.15, 0.2) is 46.1 Å². The van der Waals surface area contributed by atoms with Gasteiger partial charge in [-0.15, -0.1) is 5.10 Å². The predicted molar refractivity (Wildman–Crippen MR) is 116 cm³/mol. The first-order valence-corrected chi connectivity index (χ1v) is 10.3. The Labute approximate surface area is 185 Å². The number of fused-ring (bicyclic) bond motifs is 1. The van der Waals surface area contributed by atoms with Crippen molar-refractivity contribution in [3.8, 4) is 11.4 Å². The highest BCUT2D eigenvalue weighted by Gasteiger charge is 2.21. The van der Waals surface area contributed by atoms with Crippen molar-refractivity contribution in [1.82, 2.24) is 18.9 Å². The fourth-order valence-electron chi connectivity index (χ4n) is 3.87. The molecule has 2 heterocycles. The summed E-state index contributed by atoms with van der Waals surface area (Å²) in [7, 11) is 0. The Morgan fingerprint density at radius 1 is 1.00 bits per heavy atom. The van der Waals surface area contributed by atoms with Gasteiger partial charge in [-0.2, -0.15) is 4.68 Å². The maximum atomic E-state index is 15.2. The SMILES string of the molecule is CCn1c(CO)nn(-c2cc3c(C(C)C)cn(-c4cc(F)ccc4F)c(=O)c3cc2F)c1=O. The molecule has 10 heteroatoms. The molecule has 0 aliphatic heterocycles. The first kappa shape index (κ1) is 22.5. The molecule has 0 unspecified atom stereocenters. The summed E-state index contributed by atoms with van der Waals surface area (Å²) in [5.74, 6) is -2.55. The third-order valence-corrected chi connectivity index (χ3v) is 5.53. The predicted octanol–water partition coefficient (Wildman–Crippen LogP) is 3.39. The van der Waals surface area contributed by atoms with E-state index in [9.17, 15) is 23.5 Å². The number of hydrogen-bond donors (Lipinski definition) is 1. The van der Waals surface area contributed by atoms with Crippen molar-refractivity contribution in [1.29, 1.82) is 0 Å². The van der Waals surface area contributed by atoms with Crippen molar-refractivity contribution in [2.75, 3.05) is 0 Å². The third-order valence-electron chi connectivity index (χ3n) is 5.53. The monoisotopic (exact) mass is 458 g/mol. The van der Waals surface area contributed by atoms with Gasteiger partial charge in [-0.25, -0.2) is 18.0 Å². The number of aromatic nitrogens is 4. The summed E-state index contributed by atoms with van der Waals surface area (Å²) in [5.41, 5.74) is -1.31. The number of hydrogen-bond acceptors (Lipinski definition) is 4. The van der Waals surface area contributed by atoms with Crippen LogP contribution in [-0.4, -0.2) is 24.0 Å². The Morgan fingerprint density at radius 3 is 2.33 bits per heavy atom. The van der Waals surface area contributed by atoms with Crippen LogP contribution in [-0.2, 0) is 13.2 Å². The van der Waals surface area contributed by atoms with E-state index in [4.69, 9.17) is 0 Å². The van der Waals surface area contributed by atoms with Crippen LogP contribution in [0, 0.1) is 17.5 Å². The van der Waals surface area contributed by atoms with Crippen molar-refractivity contribution in [2.45, 2.75) is 39.8 Å². The topological polar surface area (TPSA) is 82.0 Å². The molecule has 7 nitrogen and oxygen atoms in total. The molecule has 0 aliphatic rings. The average molecular weight is 458 g/mol. The van der Waals surface area contributed by atoms with Gasteiger partial charge in [0.15, 0.2) is 5.82 Å². The van der Waals surface area contributed by atoms with Crippen LogP contribution >= 0.6 is 0 Å². The third kappa shape index (κ3) is 3.66. The van der Waals surface area contributed by atoms with Gasteiger partial charge in [0, 0.05) is 18.8 Å². The molecule has 0 radical (unpaired) electrons. The molecule has 33 heavy (non-hydrogen) atoms. The molecular formula is C23H21F3N4O3. The molecule has 0 saturated heterocycles. The van der Waals surface area contributed by atoms with Crippen LogP contribution in [0.4, 0.5) is 13.2 Å². The highest BCUT2D eigenvalue weighted by atomic mass is 19.1. The summed E-state index contributed by atoms with van der Waals surface area (Å²) >= 11 is 0. The van der Waals surface area contributed by atoms with Crippen molar-refractivity contribution >= 4 is 10.8 Å². The van der Waals surface area contributed by atoms with Gasteiger partial charge >= 0.3 is 5.69 Å². The Hall–Kier alpha value is -3.66. The zero-order valence-corrected chi connectivity index (χ0v) is 18.1. The lowest BCUT2D eigenvalue weighted by molar-refractivity contribution is 0.264. The number of aliphatic hydroxyl groups excluding tert-OH is 1. The number of halogens is 3. The van der Waals surface area contributed by atoms with Gasteiger partial charge in [0.2, 0.25) is 0 Å². The van der Waals surface area contributed by atoms with Gasteiger partial charge in [-0.3, -0.25) is 13.9 Å². The lowest BCUT2D eigenvalue weighted by atomic mass is 9.97. The van der Waals surface area contributed by atoms with E-state index in [0.717, 1.165) is 33.5 Å². The van der Waals surface area contributed by atoms with E-state index >= 15 is 4.39 Å². The first-order chi connectivity index (χ1) is 15.7. The molecule has 0 aliphatic carbocycles. The molecule has 0 spiro atoms. The lowest BCUT2D eigenvalue weighted by Gasteiger charge is -2.16. The van der Waals surface area contributed by atoms with Crippen molar-refractivity contribution in [2.24, 2.45) is 0 Å². The molecule has 1 N–H and O–H groups in total. The van der Waals surface area contributed by atoms with Crippen LogP contribution in [0.2, 0.25) is 0 Å². The number of benzene rings is 2. The average Bonchev–Trinajstić information content (AvgIpc) is 3.10. The summed E-state index contributed by atoms with van der Waals surface area (Å²) in [5, 5.41) is 13.8. The molecule has 0 amide bonds. The second-order valence-corrected chi connectivity index (χ2v) is 7.87. The highest BCUT2D eigenvalue weighted by molar-refractivity contribution is 5.87. The lowest BCUT2D eigenvalue weighted by Crippen LogP contribution is -2.25. The van der Waals surface area contributed by atoms with Crippen LogP contribution in [0.25, 0.3) is 22.1 Å². The number of aliphatic hydroxyl groups is 1. The quantitative estimate of drug-likeness (QED) is 0.497. The Kier molecular flexibility index (Phi) is 5.71. The van der Waals surface area contributed by atoms with Gasteiger partial charge in [-0.1, -0.05) is 13.8 Å². The molecule has 172 valence electrons. The van der Waals surface area contributed by atoms with E-state index in [-0.39, 0.29) is 35.0 Å². The molecule has 2 aromatic heterocycles. The van der Waals surface area contributed by atoms with Crippen molar-refractivity contribution in [3.63, 3.8) is 0 Å². The van der Waals surface area contributed by atoms with Crippen LogP contribution in [0.5, 0.6) is 0 Å². The summed E-state index contributed by atoms with van der Waals surface area (Å²) in [6, 6.07) is 5.04. The van der Waals surface area contributed by atoms with E-state index in [1.165, 1.54) is 16.8 Å². The molecule has 4 aromatic rings. The fraction of sp³-hybridized carbons (Fsp3) is 0.261. The summed E-state index contributed by atoms with van der Waals surface area (Å²) in [6.45, 7) is 5.07. The molecule has 4 rings (SSSR count). The van der Waals surface area contributed by atoms with Gasteiger partial charge in [0.05, 0.1) is 11.1 Å². The zero-order chi connectivity index (χ0) is 24.0. The van der Waals surface area contributed by atoms with E-state index in [0.29, 0.717) is 10.9 Å². The number of pyridine rings is 1. The molecule has 0 atom stereocenters. The molecule has 0 bridgehead atoms. The second kappa shape index (κ2) is 8.36. The van der Waals surface area contributed by atoms with Gasteiger partial charge in [0.25, 0.3) is 5.56 Å². The van der Waals surface area contributed by atoms with E-state index in [1.807, 2.05) is 13.8 Å². The smallest absolute Gasteiger partial charge is 0.350 e. The largest absolute Gasteiger partial charge is 0.388 e. The van der Waals surface area contributed by atoms with Crippen molar-refractivity contribution < 1.29 is 18.3 Å². The van der Waals surface area contributed by atoms with E-state index in [2.05, 4.69) is 5.10 Å². The summed E-state index contributed by atoms with van der Waals surface area (Å²) in [4.78, 5) is 25.9. The van der Waals surface area contributed by atoms with Crippen LogP contribution < -0.4 is 11.2 Å². The van der Waals surface area contributed by atoms with Gasteiger partial charge < -0.3 is 5.11 Å². The Bertz CT molecular complexity index is 1500. The summed E-state index contributed by atoms with van der Waals surface area (Å²) < 4.78 is 46.4. The zero-order valence-electron chi connectivity index (χ0n) is 18.1. The van der Waals surface area contributed by atoms with Crippen LogP contribution in [0.3, 0.4) is 0 Å². The summed E-state index contributed by atoms with van der Waals surface area (Å²) in [6.07, 6.45) is 1.39. The molecule has 2 aromatic carbocycles.